The van der Waals surface area contributed by atoms with E-state index in [0.717, 1.165) is 22.4 Å². The lowest BCUT2D eigenvalue weighted by Gasteiger charge is -2.25. The highest BCUT2D eigenvalue weighted by Gasteiger charge is 2.40. The van der Waals surface area contributed by atoms with E-state index in [9.17, 15) is 9.59 Å². The van der Waals surface area contributed by atoms with Gasteiger partial charge in [-0.05, 0) is 40.7 Å². The highest BCUT2D eigenvalue weighted by Crippen LogP contribution is 2.40. The van der Waals surface area contributed by atoms with Crippen LogP contribution in [-0.4, -0.2) is 18.4 Å². The molecule has 2 amide bonds. The summed E-state index contributed by atoms with van der Waals surface area (Å²) in [6.45, 7) is 9.03. The Kier molecular flexibility index (Phi) is 3.96. The van der Waals surface area contributed by atoms with E-state index in [-0.39, 0.29) is 29.8 Å². The van der Waals surface area contributed by atoms with Gasteiger partial charge < -0.3 is 4.74 Å². The third-order valence-corrected chi connectivity index (χ3v) is 5.18. The van der Waals surface area contributed by atoms with Gasteiger partial charge in [0, 0.05) is 0 Å². The maximum absolute atomic E-state index is 13.2. The van der Waals surface area contributed by atoms with Gasteiger partial charge in [-0.2, -0.15) is 0 Å². The third kappa shape index (κ3) is 2.56. The highest BCUT2D eigenvalue weighted by atomic mass is 16.6. The lowest BCUT2D eigenvalue weighted by Crippen LogP contribution is -2.31. The summed E-state index contributed by atoms with van der Waals surface area (Å²) in [5.41, 5.74) is 4.73. The van der Waals surface area contributed by atoms with E-state index in [1.54, 1.807) is 6.07 Å². The summed E-state index contributed by atoms with van der Waals surface area (Å²) in [5, 5.41) is 0. The second-order valence-electron chi connectivity index (χ2n) is 7.67. The number of ether oxygens (including phenoxy) is 1. The minimum Gasteiger partial charge on any atom is -0.368 e. The number of carbonyl (C=O) groups excluding carboxylic acids is 2. The van der Waals surface area contributed by atoms with E-state index in [1.165, 1.54) is 4.90 Å². The molecule has 2 aliphatic heterocycles. The van der Waals surface area contributed by atoms with Crippen LogP contribution in [0.5, 0.6) is 0 Å². The smallest absolute Gasteiger partial charge is 0.266 e. The number of hydrogen-bond acceptors (Lipinski definition) is 3. The van der Waals surface area contributed by atoms with Crippen LogP contribution in [0.4, 0.5) is 5.69 Å². The highest BCUT2D eigenvalue weighted by molar-refractivity contribution is 6.35. The molecule has 0 bridgehead atoms. The van der Waals surface area contributed by atoms with Crippen molar-refractivity contribution in [2.75, 3.05) is 11.5 Å². The minimum absolute atomic E-state index is 0.0615. The van der Waals surface area contributed by atoms with Crippen molar-refractivity contribution in [3.63, 3.8) is 0 Å². The molecule has 0 N–H and O–H groups in total. The first-order valence-corrected chi connectivity index (χ1v) is 9.17. The molecule has 1 fully saturated rings. The van der Waals surface area contributed by atoms with Gasteiger partial charge in [0.2, 0.25) is 0 Å². The van der Waals surface area contributed by atoms with Crippen LogP contribution in [0.15, 0.2) is 36.4 Å². The van der Waals surface area contributed by atoms with Gasteiger partial charge in [0.15, 0.2) is 0 Å². The first-order chi connectivity index (χ1) is 12.4. The lowest BCUT2D eigenvalue weighted by molar-refractivity contribution is 0.0925. The Morgan fingerprint density at radius 3 is 2.04 bits per heavy atom. The quantitative estimate of drug-likeness (QED) is 0.588. The second-order valence-corrected chi connectivity index (χ2v) is 7.67. The van der Waals surface area contributed by atoms with Crippen molar-refractivity contribution in [3.8, 4) is 0 Å². The SMILES string of the molecule is CC(C)c1cccc(C(C)C)c1N1C(=O)c2ccc(C3CO3)cc2C1=O. The molecule has 1 saturated heterocycles. The second kappa shape index (κ2) is 6.06. The summed E-state index contributed by atoms with van der Waals surface area (Å²) in [4.78, 5) is 27.7. The Labute approximate surface area is 153 Å². The molecular weight excluding hydrogens is 326 g/mol. The maximum Gasteiger partial charge on any atom is 0.266 e. The molecule has 2 aromatic carbocycles. The van der Waals surface area contributed by atoms with Crippen LogP contribution in [0.2, 0.25) is 0 Å². The van der Waals surface area contributed by atoms with Gasteiger partial charge in [0.1, 0.15) is 6.10 Å². The number of fused-ring (bicyclic) bond motifs is 1. The first-order valence-electron chi connectivity index (χ1n) is 9.17. The summed E-state index contributed by atoms with van der Waals surface area (Å²) >= 11 is 0. The van der Waals surface area contributed by atoms with Crippen molar-refractivity contribution < 1.29 is 14.3 Å². The summed E-state index contributed by atoms with van der Waals surface area (Å²) in [6, 6.07) is 11.5. The first kappa shape index (κ1) is 17.0. The maximum atomic E-state index is 13.2. The van der Waals surface area contributed by atoms with E-state index in [0.29, 0.717) is 17.7 Å². The van der Waals surface area contributed by atoms with Crippen molar-refractivity contribution in [1.29, 1.82) is 0 Å². The molecule has 4 rings (SSSR count). The predicted octanol–water partition coefficient (Wildman–Crippen LogP) is 4.81. The van der Waals surface area contributed by atoms with Crippen molar-refractivity contribution in [2.24, 2.45) is 0 Å². The summed E-state index contributed by atoms with van der Waals surface area (Å²) in [5.74, 6) is -0.0439. The molecule has 0 radical (unpaired) electrons. The molecule has 134 valence electrons. The van der Waals surface area contributed by atoms with Crippen LogP contribution in [0.25, 0.3) is 0 Å². The Bertz CT molecular complexity index is 883. The number of nitrogens with zero attached hydrogens (tertiary/aromatic N) is 1. The molecule has 2 heterocycles. The van der Waals surface area contributed by atoms with Gasteiger partial charge in [-0.3, -0.25) is 9.59 Å². The zero-order chi connectivity index (χ0) is 18.6. The monoisotopic (exact) mass is 349 g/mol. The fourth-order valence-corrected chi connectivity index (χ4v) is 3.67. The molecule has 1 unspecified atom stereocenters. The average Bonchev–Trinajstić information content (AvgIpc) is 3.42. The minimum atomic E-state index is -0.234. The van der Waals surface area contributed by atoms with Crippen LogP contribution in [0, 0.1) is 0 Å². The molecule has 2 aromatic rings. The van der Waals surface area contributed by atoms with Crippen molar-refractivity contribution in [1.82, 2.24) is 0 Å². The summed E-state index contributed by atoms with van der Waals surface area (Å²) < 4.78 is 5.32. The zero-order valence-corrected chi connectivity index (χ0v) is 15.6. The fourth-order valence-electron chi connectivity index (χ4n) is 3.67. The van der Waals surface area contributed by atoms with Crippen LogP contribution in [-0.2, 0) is 4.74 Å². The molecule has 0 aliphatic carbocycles. The van der Waals surface area contributed by atoms with E-state index in [1.807, 2.05) is 30.3 Å². The fraction of sp³-hybridized carbons (Fsp3) is 0.364. The largest absolute Gasteiger partial charge is 0.368 e. The normalized spacial score (nSPS) is 18.8. The molecule has 0 aromatic heterocycles. The Balaban J connectivity index is 1.87. The summed E-state index contributed by atoms with van der Waals surface area (Å²) in [6.07, 6.45) is 0.0615. The Morgan fingerprint density at radius 2 is 1.50 bits per heavy atom. The molecule has 0 spiro atoms. The Hall–Kier alpha value is -2.46. The number of para-hydroxylation sites is 1. The van der Waals surface area contributed by atoms with Crippen LogP contribution < -0.4 is 4.90 Å². The van der Waals surface area contributed by atoms with E-state index < -0.39 is 0 Å². The number of epoxide rings is 1. The number of carbonyl (C=O) groups is 2. The molecule has 1 atom stereocenters. The van der Waals surface area contributed by atoms with E-state index >= 15 is 0 Å². The molecule has 26 heavy (non-hydrogen) atoms. The van der Waals surface area contributed by atoms with Crippen molar-refractivity contribution in [3.05, 3.63) is 64.2 Å². The van der Waals surface area contributed by atoms with Crippen LogP contribution in [0.1, 0.15) is 83.0 Å². The molecular formula is C22H23NO3. The number of hydrogen-bond donors (Lipinski definition) is 0. The zero-order valence-electron chi connectivity index (χ0n) is 15.6. The Morgan fingerprint density at radius 1 is 0.923 bits per heavy atom. The predicted molar refractivity (Wildman–Crippen MR) is 101 cm³/mol. The molecule has 2 aliphatic rings. The van der Waals surface area contributed by atoms with Gasteiger partial charge in [-0.25, -0.2) is 4.90 Å². The number of imide groups is 1. The molecule has 0 saturated carbocycles. The number of anilines is 1. The van der Waals surface area contributed by atoms with Crippen LogP contribution in [0.3, 0.4) is 0 Å². The van der Waals surface area contributed by atoms with Gasteiger partial charge in [-0.15, -0.1) is 0 Å². The standard InChI is InChI=1S/C22H23NO3/c1-12(2)15-6-5-7-16(13(3)4)20(15)23-21(24)17-9-8-14(19-11-26-19)10-18(17)22(23)25/h5-10,12-13,19H,11H2,1-4H3. The van der Waals surface area contributed by atoms with E-state index in [4.69, 9.17) is 4.74 Å². The average molecular weight is 349 g/mol. The molecule has 4 nitrogen and oxygen atoms in total. The van der Waals surface area contributed by atoms with Crippen molar-refractivity contribution >= 4 is 17.5 Å². The lowest BCUT2D eigenvalue weighted by atomic mass is 9.92. The molecule has 4 heteroatoms. The summed E-state index contributed by atoms with van der Waals surface area (Å²) in [7, 11) is 0. The number of benzene rings is 2. The van der Waals surface area contributed by atoms with Gasteiger partial charge in [-0.1, -0.05) is 52.0 Å². The van der Waals surface area contributed by atoms with Gasteiger partial charge in [0.05, 0.1) is 23.4 Å². The van der Waals surface area contributed by atoms with Gasteiger partial charge in [0.25, 0.3) is 11.8 Å². The van der Waals surface area contributed by atoms with Crippen LogP contribution >= 0.6 is 0 Å². The third-order valence-electron chi connectivity index (χ3n) is 5.18. The number of rotatable bonds is 4. The van der Waals surface area contributed by atoms with Gasteiger partial charge >= 0.3 is 0 Å². The van der Waals surface area contributed by atoms with E-state index in [2.05, 4.69) is 27.7 Å². The van der Waals surface area contributed by atoms with Crippen molar-refractivity contribution in [2.45, 2.75) is 45.6 Å². The number of amides is 2. The topological polar surface area (TPSA) is 49.9 Å².